The molecule has 2 rings (SSSR count). The van der Waals surface area contributed by atoms with Crippen LogP contribution in [0.1, 0.15) is 53.4 Å². The number of hydrogen-bond acceptors (Lipinski definition) is 3. The van der Waals surface area contributed by atoms with E-state index >= 15 is 0 Å². The van der Waals surface area contributed by atoms with E-state index in [9.17, 15) is 5.11 Å². The van der Waals surface area contributed by atoms with Crippen LogP contribution in [0.25, 0.3) is 0 Å². The molecule has 1 atom stereocenters. The molecule has 118 valence electrons. The Labute approximate surface area is 125 Å². The summed E-state index contributed by atoms with van der Waals surface area (Å²) in [5.41, 5.74) is -0.0423. The van der Waals surface area contributed by atoms with Crippen LogP contribution in [0, 0.1) is 17.3 Å². The maximum Gasteiger partial charge on any atom is 0.0626 e. The highest BCUT2D eigenvalue weighted by Crippen LogP contribution is 2.30. The minimum absolute atomic E-state index is 0.0423. The monoisotopic (exact) mass is 282 g/mol. The Hall–Kier alpha value is -0.120. The molecular weight excluding hydrogens is 248 g/mol. The second-order valence-electron chi connectivity index (χ2n) is 8.08. The molecule has 0 spiro atoms. The van der Waals surface area contributed by atoms with Crippen molar-refractivity contribution < 1.29 is 5.11 Å². The molecule has 0 radical (unpaired) electrons. The van der Waals surface area contributed by atoms with Gasteiger partial charge in [-0.25, -0.2) is 0 Å². The van der Waals surface area contributed by atoms with Gasteiger partial charge in [0.05, 0.1) is 6.10 Å². The summed E-state index contributed by atoms with van der Waals surface area (Å²) in [6, 6.07) is 0.643. The van der Waals surface area contributed by atoms with Gasteiger partial charge in [-0.05, 0) is 50.6 Å². The molecule has 0 aromatic rings. The molecule has 0 aromatic carbocycles. The van der Waals surface area contributed by atoms with Crippen molar-refractivity contribution in [2.45, 2.75) is 65.5 Å². The summed E-state index contributed by atoms with van der Waals surface area (Å²) in [5, 5.41) is 14.0. The second-order valence-corrected chi connectivity index (χ2v) is 8.08. The van der Waals surface area contributed by atoms with E-state index in [0.29, 0.717) is 12.0 Å². The van der Waals surface area contributed by atoms with Crippen molar-refractivity contribution in [2.75, 3.05) is 26.2 Å². The first-order valence-electron chi connectivity index (χ1n) is 8.52. The third-order valence-corrected chi connectivity index (χ3v) is 5.08. The fourth-order valence-corrected chi connectivity index (χ4v) is 3.40. The Bertz CT molecular complexity index is 291. The fourth-order valence-electron chi connectivity index (χ4n) is 3.40. The molecule has 3 heteroatoms. The van der Waals surface area contributed by atoms with Gasteiger partial charge >= 0.3 is 0 Å². The number of likely N-dealkylation sites (tertiary alicyclic amines) is 1. The number of aliphatic hydroxyl groups is 1. The number of rotatable bonds is 7. The quantitative estimate of drug-likeness (QED) is 0.753. The number of nitrogens with zero attached hydrogens (tertiary/aromatic N) is 1. The van der Waals surface area contributed by atoms with Crippen LogP contribution in [0.4, 0.5) is 0 Å². The summed E-state index contributed by atoms with van der Waals surface area (Å²) >= 11 is 0. The number of nitrogens with one attached hydrogen (secondary N) is 1. The molecule has 1 saturated carbocycles. The van der Waals surface area contributed by atoms with Gasteiger partial charge < -0.3 is 15.3 Å². The van der Waals surface area contributed by atoms with E-state index in [0.717, 1.165) is 12.5 Å². The lowest BCUT2D eigenvalue weighted by Gasteiger charge is -2.37. The minimum Gasteiger partial charge on any atom is -0.392 e. The third-order valence-electron chi connectivity index (χ3n) is 5.08. The Morgan fingerprint density at radius 2 is 1.75 bits per heavy atom. The zero-order valence-corrected chi connectivity index (χ0v) is 13.9. The molecule has 1 aliphatic heterocycles. The fraction of sp³-hybridized carbons (Fsp3) is 1.00. The average molecular weight is 282 g/mol. The van der Waals surface area contributed by atoms with Gasteiger partial charge in [0, 0.05) is 24.5 Å². The molecule has 1 saturated heterocycles. The van der Waals surface area contributed by atoms with Gasteiger partial charge in [0.2, 0.25) is 0 Å². The van der Waals surface area contributed by atoms with E-state index < -0.39 is 0 Å². The molecule has 2 N–H and O–H groups in total. The van der Waals surface area contributed by atoms with E-state index in [1.807, 2.05) is 0 Å². The lowest BCUT2D eigenvalue weighted by Crippen LogP contribution is -2.48. The molecule has 20 heavy (non-hydrogen) atoms. The highest BCUT2D eigenvalue weighted by atomic mass is 16.3. The van der Waals surface area contributed by atoms with Crippen LogP contribution in [0.2, 0.25) is 0 Å². The van der Waals surface area contributed by atoms with Crippen LogP contribution in [0.5, 0.6) is 0 Å². The maximum absolute atomic E-state index is 10.3. The zero-order chi connectivity index (χ0) is 14.8. The molecule has 2 fully saturated rings. The molecule has 0 amide bonds. The van der Waals surface area contributed by atoms with Crippen molar-refractivity contribution in [3.63, 3.8) is 0 Å². The molecule has 2 aliphatic rings. The summed E-state index contributed by atoms with van der Waals surface area (Å²) in [6.45, 7) is 13.3. The zero-order valence-electron chi connectivity index (χ0n) is 13.9. The molecular formula is C17H34N2O. The van der Waals surface area contributed by atoms with E-state index in [4.69, 9.17) is 0 Å². The molecule has 0 aromatic heterocycles. The van der Waals surface area contributed by atoms with Crippen molar-refractivity contribution in [1.29, 1.82) is 0 Å². The predicted molar refractivity (Wildman–Crippen MR) is 84.8 cm³/mol. The van der Waals surface area contributed by atoms with E-state index in [1.54, 1.807) is 0 Å². The lowest BCUT2D eigenvalue weighted by molar-refractivity contribution is 0.0107. The Balaban J connectivity index is 1.67. The van der Waals surface area contributed by atoms with Crippen LogP contribution >= 0.6 is 0 Å². The van der Waals surface area contributed by atoms with Gasteiger partial charge in [-0.1, -0.05) is 27.7 Å². The first-order chi connectivity index (χ1) is 9.38. The van der Waals surface area contributed by atoms with E-state index in [2.05, 4.69) is 37.9 Å². The van der Waals surface area contributed by atoms with Crippen molar-refractivity contribution in [1.82, 2.24) is 10.2 Å². The largest absolute Gasteiger partial charge is 0.392 e. The molecule has 1 heterocycles. The van der Waals surface area contributed by atoms with Crippen molar-refractivity contribution >= 4 is 0 Å². The maximum atomic E-state index is 10.3. The van der Waals surface area contributed by atoms with E-state index in [1.165, 1.54) is 45.3 Å². The first kappa shape index (κ1) is 16.3. The van der Waals surface area contributed by atoms with Crippen LogP contribution in [-0.2, 0) is 0 Å². The third kappa shape index (κ3) is 4.71. The highest BCUT2D eigenvalue weighted by Gasteiger charge is 2.31. The summed E-state index contributed by atoms with van der Waals surface area (Å²) in [6.07, 6.45) is 5.21. The standard InChI is InChI=1S/C17H34N2O/c1-13(2)16(20)17(3,4)12-18-15-7-9-19(10-8-15)11-14-5-6-14/h13-16,18,20H,5-12H2,1-4H3. The summed E-state index contributed by atoms with van der Waals surface area (Å²) < 4.78 is 0. The SMILES string of the molecule is CC(C)C(O)C(C)(C)CNC1CCN(CC2CC2)CC1. The van der Waals surface area contributed by atoms with Gasteiger partial charge in [-0.15, -0.1) is 0 Å². The van der Waals surface area contributed by atoms with Crippen molar-refractivity contribution in [2.24, 2.45) is 17.3 Å². The second kappa shape index (κ2) is 6.76. The number of piperidine rings is 1. The highest BCUT2D eigenvalue weighted by molar-refractivity contribution is 4.86. The normalized spacial score (nSPS) is 24.3. The summed E-state index contributed by atoms with van der Waals surface area (Å²) in [4.78, 5) is 2.64. The summed E-state index contributed by atoms with van der Waals surface area (Å²) in [5.74, 6) is 1.34. The topological polar surface area (TPSA) is 35.5 Å². The van der Waals surface area contributed by atoms with Crippen molar-refractivity contribution in [3.05, 3.63) is 0 Å². The molecule has 3 nitrogen and oxygen atoms in total. The van der Waals surface area contributed by atoms with Crippen LogP contribution in [0.15, 0.2) is 0 Å². The van der Waals surface area contributed by atoms with Crippen molar-refractivity contribution in [3.8, 4) is 0 Å². The first-order valence-corrected chi connectivity index (χ1v) is 8.52. The number of hydrogen-bond donors (Lipinski definition) is 2. The smallest absolute Gasteiger partial charge is 0.0626 e. The number of aliphatic hydroxyl groups excluding tert-OH is 1. The van der Waals surface area contributed by atoms with Gasteiger partial charge in [-0.3, -0.25) is 0 Å². The molecule has 0 bridgehead atoms. The van der Waals surface area contributed by atoms with Gasteiger partial charge in [0.25, 0.3) is 0 Å². The predicted octanol–water partition coefficient (Wildman–Crippen LogP) is 2.49. The lowest BCUT2D eigenvalue weighted by atomic mass is 9.80. The summed E-state index contributed by atoms with van der Waals surface area (Å²) in [7, 11) is 0. The minimum atomic E-state index is -0.232. The van der Waals surface area contributed by atoms with Gasteiger partial charge in [0.1, 0.15) is 0 Å². The van der Waals surface area contributed by atoms with Gasteiger partial charge in [0.15, 0.2) is 0 Å². The van der Waals surface area contributed by atoms with Crippen LogP contribution in [-0.4, -0.2) is 48.3 Å². The molecule has 1 unspecified atom stereocenters. The van der Waals surface area contributed by atoms with Crippen LogP contribution < -0.4 is 5.32 Å². The molecule has 1 aliphatic carbocycles. The Morgan fingerprint density at radius 1 is 1.15 bits per heavy atom. The van der Waals surface area contributed by atoms with Crippen LogP contribution in [0.3, 0.4) is 0 Å². The Kier molecular flexibility index (Phi) is 5.49. The van der Waals surface area contributed by atoms with E-state index in [-0.39, 0.29) is 11.5 Å². The van der Waals surface area contributed by atoms with Gasteiger partial charge in [-0.2, -0.15) is 0 Å². The Morgan fingerprint density at radius 3 is 2.25 bits per heavy atom. The average Bonchev–Trinajstić information content (AvgIpc) is 3.21.